The Morgan fingerprint density at radius 3 is 2.71 bits per heavy atom. The van der Waals surface area contributed by atoms with Gasteiger partial charge in [-0.2, -0.15) is 0 Å². The molecule has 10 nitrogen and oxygen atoms in total. The Kier molecular flexibility index (Phi) is 6.65. The average Bonchev–Trinajstić information content (AvgIpc) is 3.13. The van der Waals surface area contributed by atoms with Crippen LogP contribution in [0.25, 0.3) is 10.2 Å². The van der Waals surface area contributed by atoms with Crippen molar-refractivity contribution < 1.29 is 29.3 Å². The van der Waals surface area contributed by atoms with Gasteiger partial charge in [0.1, 0.15) is 11.3 Å². The zero-order valence-electron chi connectivity index (χ0n) is 16.5. The Morgan fingerprint density at radius 1 is 1.26 bits per heavy atom. The fourth-order valence-electron chi connectivity index (χ4n) is 3.51. The standard InChI is InChI=1S/C19H17N3O5S.CH2O2/c1-27-19(26)16-13-5-6-21(7-8-22(13)15(24)9-14(16)23)18(25)11-3-2-4-12-17(11)28-10-20-12;2-1-3/h2-4,9-10,23H,5-8H2,1H3;1H,(H,2,3). The van der Waals surface area contributed by atoms with Gasteiger partial charge in [0, 0.05) is 37.8 Å². The Hall–Kier alpha value is -3.73. The Bertz CT molecular complexity index is 1200. The zero-order chi connectivity index (χ0) is 22.5. The molecule has 31 heavy (non-hydrogen) atoms. The van der Waals surface area contributed by atoms with E-state index in [1.807, 2.05) is 6.07 Å². The summed E-state index contributed by atoms with van der Waals surface area (Å²) in [6.45, 7) is 0.593. The quantitative estimate of drug-likeness (QED) is 0.445. The lowest BCUT2D eigenvalue weighted by Crippen LogP contribution is -2.34. The number of carboxylic acid groups (broad SMARTS) is 1. The molecule has 11 heteroatoms. The van der Waals surface area contributed by atoms with E-state index < -0.39 is 17.3 Å². The van der Waals surface area contributed by atoms with Crippen molar-refractivity contribution in [2.75, 3.05) is 20.2 Å². The van der Waals surface area contributed by atoms with Crippen molar-refractivity contribution >= 4 is 39.9 Å². The van der Waals surface area contributed by atoms with Gasteiger partial charge in [-0.1, -0.05) is 6.07 Å². The summed E-state index contributed by atoms with van der Waals surface area (Å²) in [6, 6.07) is 6.41. The number of pyridine rings is 1. The van der Waals surface area contributed by atoms with E-state index >= 15 is 0 Å². The lowest BCUT2D eigenvalue weighted by Gasteiger charge is -2.20. The first kappa shape index (κ1) is 22.0. The number of rotatable bonds is 2. The summed E-state index contributed by atoms with van der Waals surface area (Å²) in [5.74, 6) is -1.27. The molecular weight excluding hydrogens is 426 g/mol. The number of carbonyl (C=O) groups is 3. The molecule has 2 N–H and O–H groups in total. The summed E-state index contributed by atoms with van der Waals surface area (Å²) in [5, 5.41) is 17.0. The molecule has 0 atom stereocenters. The molecule has 2 aromatic heterocycles. The second-order valence-electron chi connectivity index (χ2n) is 6.49. The molecule has 4 rings (SSSR count). The van der Waals surface area contributed by atoms with E-state index in [2.05, 4.69) is 4.98 Å². The first-order valence-corrected chi connectivity index (χ1v) is 10.0. The largest absolute Gasteiger partial charge is 0.507 e. The molecule has 1 aliphatic rings. The first-order valence-electron chi connectivity index (χ1n) is 9.16. The minimum atomic E-state index is -0.713. The molecule has 0 aliphatic carbocycles. The number of esters is 1. The number of aromatic hydroxyl groups is 1. The number of carbonyl (C=O) groups excluding carboxylic acids is 2. The number of hydrogen-bond donors (Lipinski definition) is 2. The van der Waals surface area contributed by atoms with Gasteiger partial charge < -0.3 is 24.4 Å². The van der Waals surface area contributed by atoms with Crippen molar-refractivity contribution in [1.82, 2.24) is 14.5 Å². The van der Waals surface area contributed by atoms with Gasteiger partial charge in [0.05, 0.1) is 28.4 Å². The molecule has 3 aromatic rings. The highest BCUT2D eigenvalue weighted by Gasteiger charge is 2.27. The van der Waals surface area contributed by atoms with Crippen LogP contribution in [0.1, 0.15) is 26.4 Å². The Labute approximate surface area is 179 Å². The number of ether oxygens (including phenoxy) is 1. The van der Waals surface area contributed by atoms with E-state index in [1.54, 1.807) is 22.5 Å². The van der Waals surface area contributed by atoms with Gasteiger partial charge >= 0.3 is 5.97 Å². The van der Waals surface area contributed by atoms with Gasteiger partial charge in [0.2, 0.25) is 0 Å². The highest BCUT2D eigenvalue weighted by Crippen LogP contribution is 2.26. The van der Waals surface area contributed by atoms with Crippen molar-refractivity contribution in [3.8, 4) is 5.75 Å². The van der Waals surface area contributed by atoms with E-state index in [-0.39, 0.29) is 30.9 Å². The maximum absolute atomic E-state index is 13.1. The molecule has 0 unspecified atom stereocenters. The van der Waals surface area contributed by atoms with E-state index in [0.29, 0.717) is 24.3 Å². The fraction of sp³-hybridized carbons (Fsp3) is 0.250. The molecule has 0 spiro atoms. The predicted molar refractivity (Wildman–Crippen MR) is 112 cm³/mol. The molecular formula is C20H19N3O7S. The van der Waals surface area contributed by atoms with Crippen LogP contribution in [0, 0.1) is 0 Å². The third-order valence-electron chi connectivity index (χ3n) is 4.87. The second-order valence-corrected chi connectivity index (χ2v) is 7.34. The molecule has 0 radical (unpaired) electrons. The van der Waals surface area contributed by atoms with Gasteiger partial charge in [0.15, 0.2) is 0 Å². The molecule has 3 heterocycles. The number of nitrogens with zero attached hydrogens (tertiary/aromatic N) is 3. The maximum Gasteiger partial charge on any atom is 0.343 e. The van der Waals surface area contributed by atoms with Crippen LogP contribution in [0.2, 0.25) is 0 Å². The van der Waals surface area contributed by atoms with Crippen molar-refractivity contribution in [1.29, 1.82) is 0 Å². The van der Waals surface area contributed by atoms with E-state index in [0.717, 1.165) is 16.3 Å². The van der Waals surface area contributed by atoms with Gasteiger partial charge in [-0.05, 0) is 12.1 Å². The molecule has 0 saturated carbocycles. The molecule has 0 bridgehead atoms. The third kappa shape index (κ3) is 4.26. The molecule has 0 saturated heterocycles. The summed E-state index contributed by atoms with van der Waals surface area (Å²) in [6.07, 6.45) is 0.248. The predicted octanol–water partition coefficient (Wildman–Crippen LogP) is 1.35. The summed E-state index contributed by atoms with van der Waals surface area (Å²) in [4.78, 5) is 51.8. The Balaban J connectivity index is 0.000000858. The highest BCUT2D eigenvalue weighted by molar-refractivity contribution is 7.17. The summed E-state index contributed by atoms with van der Waals surface area (Å²) in [7, 11) is 1.21. The monoisotopic (exact) mass is 445 g/mol. The minimum absolute atomic E-state index is 0.0269. The van der Waals surface area contributed by atoms with E-state index in [9.17, 15) is 19.5 Å². The van der Waals surface area contributed by atoms with Crippen LogP contribution < -0.4 is 5.56 Å². The highest BCUT2D eigenvalue weighted by atomic mass is 32.1. The number of amides is 1. The number of benzene rings is 1. The normalized spacial score (nSPS) is 12.9. The second kappa shape index (κ2) is 9.39. The lowest BCUT2D eigenvalue weighted by atomic mass is 10.1. The molecule has 1 amide bonds. The van der Waals surface area contributed by atoms with Crippen molar-refractivity contribution in [2.24, 2.45) is 0 Å². The third-order valence-corrected chi connectivity index (χ3v) is 5.75. The minimum Gasteiger partial charge on any atom is -0.507 e. The van der Waals surface area contributed by atoms with Gasteiger partial charge in [0.25, 0.3) is 17.9 Å². The van der Waals surface area contributed by atoms with Crippen molar-refractivity contribution in [2.45, 2.75) is 13.0 Å². The van der Waals surface area contributed by atoms with E-state index in [1.165, 1.54) is 23.0 Å². The fourth-order valence-corrected chi connectivity index (χ4v) is 4.31. The van der Waals surface area contributed by atoms with Crippen LogP contribution >= 0.6 is 11.3 Å². The smallest absolute Gasteiger partial charge is 0.343 e. The van der Waals surface area contributed by atoms with Gasteiger partial charge in [-0.25, -0.2) is 9.78 Å². The SMILES string of the molecule is COC(=O)c1c(O)cc(=O)n2c1CCN(C(=O)c1cccc3ncsc13)CC2.O=CO. The van der Waals surface area contributed by atoms with Crippen molar-refractivity contribution in [3.63, 3.8) is 0 Å². The number of aromatic nitrogens is 2. The molecule has 1 aliphatic heterocycles. The topological polar surface area (TPSA) is 139 Å². The molecule has 0 fully saturated rings. The van der Waals surface area contributed by atoms with Crippen LogP contribution in [-0.2, 0) is 22.5 Å². The summed E-state index contributed by atoms with van der Waals surface area (Å²) >= 11 is 1.40. The number of thiazole rings is 1. The summed E-state index contributed by atoms with van der Waals surface area (Å²) < 4.78 is 6.99. The number of fused-ring (bicyclic) bond motifs is 2. The zero-order valence-corrected chi connectivity index (χ0v) is 17.3. The van der Waals surface area contributed by atoms with Crippen LogP contribution in [0.15, 0.2) is 34.6 Å². The lowest BCUT2D eigenvalue weighted by molar-refractivity contribution is -0.122. The first-order chi connectivity index (χ1) is 14.9. The van der Waals surface area contributed by atoms with Gasteiger partial charge in [-0.15, -0.1) is 11.3 Å². The van der Waals surface area contributed by atoms with Crippen LogP contribution in [0.3, 0.4) is 0 Å². The van der Waals surface area contributed by atoms with Crippen molar-refractivity contribution in [3.05, 3.63) is 57.0 Å². The van der Waals surface area contributed by atoms with Crippen LogP contribution in [0.5, 0.6) is 5.75 Å². The molecule has 1 aromatic carbocycles. The maximum atomic E-state index is 13.1. The van der Waals surface area contributed by atoms with Crippen LogP contribution in [-0.4, -0.2) is 63.2 Å². The van der Waals surface area contributed by atoms with Gasteiger partial charge in [-0.3, -0.25) is 14.4 Å². The average molecular weight is 445 g/mol. The van der Waals surface area contributed by atoms with E-state index in [4.69, 9.17) is 14.6 Å². The summed E-state index contributed by atoms with van der Waals surface area (Å²) in [5.41, 5.74) is 2.96. The number of methoxy groups -OCH3 is 1. The Morgan fingerprint density at radius 2 is 2.00 bits per heavy atom. The number of hydrogen-bond acceptors (Lipinski definition) is 8. The molecule has 162 valence electrons. The van der Waals surface area contributed by atoms with Crippen LogP contribution in [0.4, 0.5) is 0 Å².